The number of benzene rings is 1. The van der Waals surface area contributed by atoms with Gasteiger partial charge in [-0.15, -0.1) is 0 Å². The van der Waals surface area contributed by atoms with E-state index in [2.05, 4.69) is 5.32 Å². The fraction of sp³-hybridized carbons (Fsp3) is 0.520. The molecule has 182 valence electrons. The number of carbonyl (C=O) groups excluding carboxylic acids is 3. The number of primary amides is 1. The Morgan fingerprint density at radius 3 is 2.74 bits per heavy atom. The lowest BCUT2D eigenvalue weighted by Gasteiger charge is -2.36. The Balaban J connectivity index is 1.48. The Bertz CT molecular complexity index is 1090. The summed E-state index contributed by atoms with van der Waals surface area (Å²) >= 11 is 0. The quantitative estimate of drug-likeness (QED) is 0.600. The molecule has 1 fully saturated rings. The molecule has 0 saturated carbocycles. The van der Waals surface area contributed by atoms with Crippen LogP contribution in [0.2, 0.25) is 0 Å². The highest BCUT2D eigenvalue weighted by Gasteiger charge is 2.39. The first-order chi connectivity index (χ1) is 16.3. The Labute approximate surface area is 199 Å². The van der Waals surface area contributed by atoms with Crippen LogP contribution < -0.4 is 11.1 Å². The van der Waals surface area contributed by atoms with Crippen molar-refractivity contribution in [3.05, 3.63) is 52.3 Å². The molecule has 0 aliphatic carbocycles. The van der Waals surface area contributed by atoms with Gasteiger partial charge in [-0.3, -0.25) is 14.3 Å². The summed E-state index contributed by atoms with van der Waals surface area (Å²) in [6.45, 7) is 6.81. The van der Waals surface area contributed by atoms with Crippen molar-refractivity contribution in [3.8, 4) is 0 Å². The van der Waals surface area contributed by atoms with E-state index in [-0.39, 0.29) is 35.0 Å². The normalized spacial score (nSPS) is 18.0. The van der Waals surface area contributed by atoms with Crippen LogP contribution in [0.1, 0.15) is 69.2 Å². The number of hydrogen-bond acceptors (Lipinski definition) is 6. The molecule has 1 unspecified atom stereocenters. The van der Waals surface area contributed by atoms with Crippen molar-refractivity contribution < 1.29 is 23.9 Å². The van der Waals surface area contributed by atoms with Gasteiger partial charge in [-0.25, -0.2) is 4.79 Å². The predicted molar refractivity (Wildman–Crippen MR) is 125 cm³/mol. The minimum Gasteiger partial charge on any atom is -0.462 e. The van der Waals surface area contributed by atoms with Gasteiger partial charge in [-0.2, -0.15) is 5.10 Å². The molecule has 1 saturated heterocycles. The highest BCUT2D eigenvalue weighted by Crippen LogP contribution is 2.38. The maximum absolute atomic E-state index is 13.0. The number of esters is 1. The third-order valence-corrected chi connectivity index (χ3v) is 6.80. The van der Waals surface area contributed by atoms with Crippen LogP contribution in [0.25, 0.3) is 0 Å². The van der Waals surface area contributed by atoms with E-state index in [9.17, 15) is 14.4 Å². The van der Waals surface area contributed by atoms with Gasteiger partial charge in [-0.05, 0) is 62.1 Å². The standard InChI is InChI=1S/C25H32N4O5/c1-3-29-21-19(13-25(15-27-23(21)31)7-9-33-10-8-25)20(28-29)11-16(2)14-34-24(32)18-6-4-5-17(12-18)22(26)30/h4-6,12,16H,3,7-11,13-15H2,1-2H3,(H2,26,30)(H,27,31). The second kappa shape index (κ2) is 9.97. The molecule has 2 amide bonds. The van der Waals surface area contributed by atoms with E-state index in [1.165, 1.54) is 6.07 Å². The second-order valence-corrected chi connectivity index (χ2v) is 9.41. The molecular formula is C25H32N4O5. The zero-order valence-corrected chi connectivity index (χ0v) is 19.8. The lowest BCUT2D eigenvalue weighted by Crippen LogP contribution is -2.40. The highest BCUT2D eigenvalue weighted by molar-refractivity contribution is 5.97. The van der Waals surface area contributed by atoms with Gasteiger partial charge in [0.1, 0.15) is 5.69 Å². The number of hydrogen-bond donors (Lipinski definition) is 2. The number of aryl methyl sites for hydroxylation is 1. The Kier molecular flexibility index (Phi) is 7.02. The van der Waals surface area contributed by atoms with Crippen molar-refractivity contribution >= 4 is 17.8 Å². The third kappa shape index (κ3) is 4.99. The lowest BCUT2D eigenvalue weighted by molar-refractivity contribution is 0.0160. The van der Waals surface area contributed by atoms with Gasteiger partial charge in [-0.1, -0.05) is 13.0 Å². The number of fused-ring (bicyclic) bond motifs is 1. The first-order valence-corrected chi connectivity index (χ1v) is 11.8. The monoisotopic (exact) mass is 468 g/mol. The Hall–Kier alpha value is -3.20. The molecule has 3 heterocycles. The number of nitrogens with two attached hydrogens (primary N) is 1. The first kappa shape index (κ1) is 23.9. The van der Waals surface area contributed by atoms with Gasteiger partial charge in [0.2, 0.25) is 5.91 Å². The van der Waals surface area contributed by atoms with Crippen molar-refractivity contribution in [2.75, 3.05) is 26.4 Å². The molecule has 1 aromatic heterocycles. The average Bonchev–Trinajstić information content (AvgIpc) is 3.11. The molecule has 34 heavy (non-hydrogen) atoms. The highest BCUT2D eigenvalue weighted by atomic mass is 16.5. The molecule has 2 aliphatic heterocycles. The second-order valence-electron chi connectivity index (χ2n) is 9.41. The minimum absolute atomic E-state index is 0.00969. The lowest BCUT2D eigenvalue weighted by atomic mass is 9.75. The summed E-state index contributed by atoms with van der Waals surface area (Å²) in [6, 6.07) is 6.18. The van der Waals surface area contributed by atoms with Gasteiger partial charge in [0, 0.05) is 37.4 Å². The molecule has 1 aromatic carbocycles. The van der Waals surface area contributed by atoms with Crippen molar-refractivity contribution in [1.29, 1.82) is 0 Å². The van der Waals surface area contributed by atoms with Crippen LogP contribution >= 0.6 is 0 Å². The van der Waals surface area contributed by atoms with Crippen LogP contribution in [0, 0.1) is 11.3 Å². The Morgan fingerprint density at radius 1 is 1.29 bits per heavy atom. The molecule has 0 bridgehead atoms. The fourth-order valence-corrected chi connectivity index (χ4v) is 4.82. The molecular weight excluding hydrogens is 436 g/mol. The van der Waals surface area contributed by atoms with E-state index in [1.54, 1.807) is 22.9 Å². The van der Waals surface area contributed by atoms with E-state index in [4.69, 9.17) is 20.3 Å². The van der Waals surface area contributed by atoms with Crippen LogP contribution in [0.15, 0.2) is 24.3 Å². The number of nitrogens with one attached hydrogen (secondary N) is 1. The molecule has 0 radical (unpaired) electrons. The van der Waals surface area contributed by atoms with E-state index in [0.29, 0.717) is 38.4 Å². The summed E-state index contributed by atoms with van der Waals surface area (Å²) < 4.78 is 12.9. The molecule has 4 rings (SSSR count). The van der Waals surface area contributed by atoms with Crippen molar-refractivity contribution in [2.45, 2.75) is 46.1 Å². The van der Waals surface area contributed by atoms with Gasteiger partial charge in [0.05, 0.1) is 17.9 Å². The van der Waals surface area contributed by atoms with Crippen molar-refractivity contribution in [1.82, 2.24) is 15.1 Å². The predicted octanol–water partition coefficient (Wildman–Crippen LogP) is 2.12. The number of nitrogens with zero attached hydrogens (tertiary/aromatic N) is 2. The van der Waals surface area contributed by atoms with Gasteiger partial charge in [0.15, 0.2) is 0 Å². The molecule has 1 atom stereocenters. The summed E-state index contributed by atoms with van der Waals surface area (Å²) in [6.07, 6.45) is 3.18. The molecule has 3 N–H and O–H groups in total. The number of carbonyl (C=O) groups is 3. The third-order valence-electron chi connectivity index (χ3n) is 6.80. The fourth-order valence-electron chi connectivity index (χ4n) is 4.82. The molecule has 2 aromatic rings. The topological polar surface area (TPSA) is 126 Å². The molecule has 1 spiro atoms. The summed E-state index contributed by atoms with van der Waals surface area (Å²) in [5, 5.41) is 7.89. The summed E-state index contributed by atoms with van der Waals surface area (Å²) in [5.74, 6) is -1.19. The smallest absolute Gasteiger partial charge is 0.338 e. The SMILES string of the molecule is CCn1nc(CC(C)COC(=O)c2cccc(C(N)=O)c2)c2c1C(=O)NCC1(CCOCC1)C2. The van der Waals surface area contributed by atoms with E-state index < -0.39 is 11.9 Å². The van der Waals surface area contributed by atoms with Gasteiger partial charge in [0.25, 0.3) is 5.91 Å². The van der Waals surface area contributed by atoms with E-state index in [0.717, 1.165) is 30.5 Å². The van der Waals surface area contributed by atoms with Crippen LogP contribution in [0.4, 0.5) is 0 Å². The largest absolute Gasteiger partial charge is 0.462 e. The van der Waals surface area contributed by atoms with Crippen LogP contribution in [0.3, 0.4) is 0 Å². The average molecular weight is 469 g/mol. The molecule has 2 aliphatic rings. The number of rotatable bonds is 7. The van der Waals surface area contributed by atoms with Crippen molar-refractivity contribution in [3.63, 3.8) is 0 Å². The maximum atomic E-state index is 13.0. The molecule has 9 nitrogen and oxygen atoms in total. The summed E-state index contributed by atoms with van der Waals surface area (Å²) in [4.78, 5) is 36.8. The molecule has 9 heteroatoms. The number of ether oxygens (including phenoxy) is 2. The maximum Gasteiger partial charge on any atom is 0.338 e. The first-order valence-electron chi connectivity index (χ1n) is 11.8. The van der Waals surface area contributed by atoms with Crippen molar-refractivity contribution in [2.24, 2.45) is 17.1 Å². The zero-order valence-electron chi connectivity index (χ0n) is 19.8. The van der Waals surface area contributed by atoms with E-state index in [1.807, 2.05) is 13.8 Å². The summed E-state index contributed by atoms with van der Waals surface area (Å²) in [5.41, 5.74) is 8.36. The van der Waals surface area contributed by atoms with Gasteiger partial charge >= 0.3 is 5.97 Å². The summed E-state index contributed by atoms with van der Waals surface area (Å²) in [7, 11) is 0. The van der Waals surface area contributed by atoms with Crippen LogP contribution in [0.5, 0.6) is 0 Å². The Morgan fingerprint density at radius 2 is 2.03 bits per heavy atom. The van der Waals surface area contributed by atoms with E-state index >= 15 is 0 Å². The number of aromatic nitrogens is 2. The number of amides is 2. The minimum atomic E-state index is -0.596. The van der Waals surface area contributed by atoms with Crippen LogP contribution in [-0.2, 0) is 28.9 Å². The van der Waals surface area contributed by atoms with Gasteiger partial charge < -0.3 is 20.5 Å². The van der Waals surface area contributed by atoms with Crippen LogP contribution in [-0.4, -0.2) is 53.9 Å². The zero-order chi connectivity index (χ0) is 24.3.